The molecule has 3 N–H and O–H groups in total. The van der Waals surface area contributed by atoms with E-state index in [-0.39, 0.29) is 18.6 Å². The van der Waals surface area contributed by atoms with Crippen molar-refractivity contribution >= 4 is 11.7 Å². The normalized spacial score (nSPS) is 11.6. The van der Waals surface area contributed by atoms with E-state index in [1.807, 2.05) is 49.4 Å². The molecule has 2 aromatic carbocycles. The molecular weight excluding hydrogens is 304 g/mol. The highest BCUT2D eigenvalue weighted by Crippen LogP contribution is 2.21. The minimum atomic E-state index is -0.262. The number of anilines is 1. The van der Waals surface area contributed by atoms with Gasteiger partial charge in [0.05, 0.1) is 7.11 Å². The Labute approximate surface area is 142 Å². The van der Waals surface area contributed by atoms with E-state index < -0.39 is 0 Å². The third-order valence-corrected chi connectivity index (χ3v) is 3.94. The molecule has 0 bridgehead atoms. The van der Waals surface area contributed by atoms with Crippen molar-refractivity contribution in [3.8, 4) is 5.75 Å². The Morgan fingerprint density at radius 2 is 1.96 bits per heavy atom. The van der Waals surface area contributed by atoms with Gasteiger partial charge in [-0.25, -0.2) is 4.79 Å². The Hall–Kier alpha value is -2.53. The molecule has 2 aromatic rings. The highest BCUT2D eigenvalue weighted by molar-refractivity contribution is 5.90. The molecule has 0 saturated carbocycles. The lowest BCUT2D eigenvalue weighted by molar-refractivity contribution is 0.248. The molecule has 0 radical (unpaired) electrons. The Kier molecular flexibility index (Phi) is 6.63. The molecule has 0 saturated heterocycles. The van der Waals surface area contributed by atoms with E-state index in [0.717, 1.165) is 22.6 Å². The highest BCUT2D eigenvalue weighted by Gasteiger charge is 2.13. The van der Waals surface area contributed by atoms with E-state index in [2.05, 4.69) is 10.6 Å². The lowest BCUT2D eigenvalue weighted by Crippen LogP contribution is -2.32. The molecule has 24 heavy (non-hydrogen) atoms. The highest BCUT2D eigenvalue weighted by atomic mass is 16.5. The largest absolute Gasteiger partial charge is 0.497 e. The third-order valence-electron chi connectivity index (χ3n) is 3.94. The van der Waals surface area contributed by atoms with E-state index >= 15 is 0 Å². The molecule has 0 spiro atoms. The summed E-state index contributed by atoms with van der Waals surface area (Å²) in [5.41, 5.74) is 2.78. The zero-order chi connectivity index (χ0) is 17.4. The van der Waals surface area contributed by atoms with Crippen molar-refractivity contribution in [3.63, 3.8) is 0 Å². The number of amides is 2. The van der Waals surface area contributed by atoms with Gasteiger partial charge >= 0.3 is 6.03 Å². The summed E-state index contributed by atoms with van der Waals surface area (Å²) >= 11 is 0. The molecule has 5 heteroatoms. The summed E-state index contributed by atoms with van der Waals surface area (Å²) < 4.78 is 5.16. The maximum atomic E-state index is 12.1. The van der Waals surface area contributed by atoms with Crippen LogP contribution in [0, 0.1) is 6.92 Å². The molecule has 0 heterocycles. The van der Waals surface area contributed by atoms with Crippen LogP contribution < -0.4 is 15.4 Å². The molecule has 5 nitrogen and oxygen atoms in total. The topological polar surface area (TPSA) is 70.6 Å². The lowest BCUT2D eigenvalue weighted by Gasteiger charge is -2.18. The zero-order valence-corrected chi connectivity index (χ0v) is 14.1. The van der Waals surface area contributed by atoms with Crippen molar-refractivity contribution in [2.24, 2.45) is 0 Å². The summed E-state index contributed by atoms with van der Waals surface area (Å²) in [4.78, 5) is 12.1. The van der Waals surface area contributed by atoms with Crippen molar-refractivity contribution in [2.45, 2.75) is 19.3 Å². The molecule has 128 valence electrons. The molecular formula is C19H24N2O3. The van der Waals surface area contributed by atoms with Crippen molar-refractivity contribution in [2.75, 3.05) is 25.6 Å². The molecule has 0 aromatic heterocycles. The fraction of sp³-hybridized carbons (Fsp3) is 0.316. The number of rotatable bonds is 7. The average Bonchev–Trinajstić information content (AvgIpc) is 2.61. The number of hydrogen-bond acceptors (Lipinski definition) is 3. The van der Waals surface area contributed by atoms with E-state index in [1.165, 1.54) is 0 Å². The monoisotopic (exact) mass is 328 g/mol. The van der Waals surface area contributed by atoms with E-state index in [0.29, 0.717) is 13.0 Å². The maximum Gasteiger partial charge on any atom is 0.319 e. The van der Waals surface area contributed by atoms with E-state index in [4.69, 9.17) is 4.74 Å². The number of ether oxygens (including phenoxy) is 1. The minimum absolute atomic E-state index is 0.0823. The van der Waals surface area contributed by atoms with Gasteiger partial charge in [0.25, 0.3) is 0 Å². The van der Waals surface area contributed by atoms with Crippen LogP contribution in [0.25, 0.3) is 0 Å². The van der Waals surface area contributed by atoms with Crippen LogP contribution in [0.1, 0.15) is 23.5 Å². The number of hydrogen-bond donors (Lipinski definition) is 3. The Bertz CT molecular complexity index is 659. The molecule has 1 atom stereocenters. The van der Waals surface area contributed by atoms with Crippen LogP contribution in [0.2, 0.25) is 0 Å². The molecule has 2 rings (SSSR count). The van der Waals surface area contributed by atoms with Crippen LogP contribution in [0.4, 0.5) is 10.5 Å². The van der Waals surface area contributed by atoms with Gasteiger partial charge in [0, 0.05) is 24.8 Å². The minimum Gasteiger partial charge on any atom is -0.497 e. The third kappa shape index (κ3) is 4.99. The second-order valence-electron chi connectivity index (χ2n) is 5.64. The number of aliphatic hydroxyl groups is 1. The number of methoxy groups -OCH3 is 1. The molecule has 1 unspecified atom stereocenters. The van der Waals surface area contributed by atoms with Crippen LogP contribution in [0.3, 0.4) is 0 Å². The van der Waals surface area contributed by atoms with Gasteiger partial charge in [0.15, 0.2) is 0 Å². The lowest BCUT2D eigenvalue weighted by atomic mass is 9.96. The first-order valence-corrected chi connectivity index (χ1v) is 7.99. The summed E-state index contributed by atoms with van der Waals surface area (Å²) in [6.45, 7) is 2.46. The van der Waals surface area contributed by atoms with Crippen molar-refractivity contribution < 1.29 is 14.6 Å². The molecule has 2 amide bonds. The summed E-state index contributed by atoms with van der Waals surface area (Å²) in [5, 5.41) is 15.0. The summed E-state index contributed by atoms with van der Waals surface area (Å²) in [6.07, 6.45) is 0.603. The standard InChI is InChI=1S/C19H24N2O3/c1-14-12-17(24-2)8-9-18(14)21-19(23)20-13-16(10-11-22)15-6-4-3-5-7-15/h3-9,12,16,22H,10-11,13H2,1-2H3,(H2,20,21,23). The van der Waals surface area contributed by atoms with Gasteiger partial charge in [-0.2, -0.15) is 0 Å². The van der Waals surface area contributed by atoms with Crippen molar-refractivity contribution in [1.29, 1.82) is 0 Å². The zero-order valence-electron chi connectivity index (χ0n) is 14.1. The second-order valence-corrected chi connectivity index (χ2v) is 5.64. The SMILES string of the molecule is COc1ccc(NC(=O)NCC(CCO)c2ccccc2)c(C)c1. The van der Waals surface area contributed by atoms with Gasteiger partial charge in [0.2, 0.25) is 0 Å². The van der Waals surface area contributed by atoms with Gasteiger partial charge in [-0.1, -0.05) is 30.3 Å². The molecule has 0 aliphatic rings. The molecule has 0 fully saturated rings. The predicted octanol–water partition coefficient (Wildman–Crippen LogP) is 3.29. The molecule has 0 aliphatic carbocycles. The van der Waals surface area contributed by atoms with Crippen LogP contribution in [0.15, 0.2) is 48.5 Å². The quantitative estimate of drug-likeness (QED) is 0.730. The molecule has 0 aliphatic heterocycles. The van der Waals surface area contributed by atoms with Gasteiger partial charge in [-0.05, 0) is 42.7 Å². The first kappa shape index (κ1) is 17.8. The number of carbonyl (C=O) groups excluding carboxylic acids is 1. The van der Waals surface area contributed by atoms with Gasteiger partial charge in [0.1, 0.15) is 5.75 Å². The van der Waals surface area contributed by atoms with Crippen LogP contribution in [-0.2, 0) is 0 Å². The van der Waals surface area contributed by atoms with Gasteiger partial charge < -0.3 is 20.5 Å². The summed E-state index contributed by atoms with van der Waals surface area (Å²) in [5.74, 6) is 0.837. The van der Waals surface area contributed by atoms with Crippen LogP contribution in [-0.4, -0.2) is 31.4 Å². The van der Waals surface area contributed by atoms with Crippen LogP contribution in [0.5, 0.6) is 5.75 Å². The number of benzene rings is 2. The first-order valence-electron chi connectivity index (χ1n) is 7.99. The Balaban J connectivity index is 1.94. The van der Waals surface area contributed by atoms with E-state index in [1.54, 1.807) is 13.2 Å². The van der Waals surface area contributed by atoms with Crippen molar-refractivity contribution in [3.05, 3.63) is 59.7 Å². The smallest absolute Gasteiger partial charge is 0.319 e. The summed E-state index contributed by atoms with van der Waals surface area (Å²) in [6, 6.07) is 15.1. The predicted molar refractivity (Wildman–Crippen MR) is 95.6 cm³/mol. The summed E-state index contributed by atoms with van der Waals surface area (Å²) in [7, 11) is 1.61. The number of carbonyl (C=O) groups is 1. The fourth-order valence-corrected chi connectivity index (χ4v) is 2.55. The van der Waals surface area contributed by atoms with Gasteiger partial charge in [-0.15, -0.1) is 0 Å². The number of aliphatic hydroxyl groups excluding tert-OH is 1. The number of aryl methyl sites for hydroxylation is 1. The maximum absolute atomic E-state index is 12.1. The average molecular weight is 328 g/mol. The Morgan fingerprint density at radius 3 is 2.58 bits per heavy atom. The van der Waals surface area contributed by atoms with Crippen LogP contribution >= 0.6 is 0 Å². The van der Waals surface area contributed by atoms with E-state index in [9.17, 15) is 9.90 Å². The van der Waals surface area contributed by atoms with Gasteiger partial charge in [-0.3, -0.25) is 0 Å². The second kappa shape index (κ2) is 8.93. The number of nitrogens with one attached hydrogen (secondary N) is 2. The van der Waals surface area contributed by atoms with Crippen molar-refractivity contribution in [1.82, 2.24) is 5.32 Å². The fourth-order valence-electron chi connectivity index (χ4n) is 2.55. The first-order chi connectivity index (χ1) is 11.6. The Morgan fingerprint density at radius 1 is 1.21 bits per heavy atom. The number of urea groups is 1.